The lowest BCUT2D eigenvalue weighted by Crippen LogP contribution is -2.63. The molecule has 2 aromatic rings. The van der Waals surface area contributed by atoms with Crippen LogP contribution in [0.2, 0.25) is 0 Å². The van der Waals surface area contributed by atoms with E-state index in [-0.39, 0.29) is 30.9 Å². The Bertz CT molecular complexity index is 571. The third-order valence-corrected chi connectivity index (χ3v) is 5.59. The van der Waals surface area contributed by atoms with E-state index in [2.05, 4.69) is 65.6 Å². The molecule has 3 aliphatic rings. The lowest BCUT2D eigenvalue weighted by Gasteiger charge is -2.52. The Labute approximate surface area is 157 Å². The smallest absolute Gasteiger partial charge is 0.0359 e. The summed E-state index contributed by atoms with van der Waals surface area (Å²) in [7, 11) is 0. The number of benzene rings is 2. The van der Waals surface area contributed by atoms with Gasteiger partial charge < -0.3 is 5.73 Å². The summed E-state index contributed by atoms with van der Waals surface area (Å²) >= 11 is 0. The van der Waals surface area contributed by atoms with Crippen molar-refractivity contribution in [1.82, 2.24) is 4.90 Å². The molecule has 2 N–H and O–H groups in total. The molecule has 3 fully saturated rings. The monoisotopic (exact) mass is 364 g/mol. The Balaban J connectivity index is 0.00000104. The summed E-state index contributed by atoms with van der Waals surface area (Å²) in [4.78, 5) is 2.63. The quantitative estimate of drug-likeness (QED) is 0.888. The van der Waals surface area contributed by atoms with E-state index < -0.39 is 0 Å². The normalized spacial score (nSPS) is 28.1. The molecule has 5 rings (SSSR count). The van der Waals surface area contributed by atoms with Gasteiger partial charge in [0.25, 0.3) is 0 Å². The van der Waals surface area contributed by atoms with E-state index in [1.54, 1.807) is 0 Å². The number of hydrogen-bond acceptors (Lipinski definition) is 2. The molecule has 2 bridgehead atoms. The van der Waals surface area contributed by atoms with E-state index in [0.717, 1.165) is 0 Å². The fourth-order valence-corrected chi connectivity index (χ4v) is 4.47. The Morgan fingerprint density at radius 1 is 0.792 bits per heavy atom. The zero-order chi connectivity index (χ0) is 14.9. The van der Waals surface area contributed by atoms with E-state index in [9.17, 15) is 0 Å². The lowest BCUT2D eigenvalue weighted by molar-refractivity contribution is 0.0204. The predicted octanol–water partition coefficient (Wildman–Crippen LogP) is 4.08. The predicted molar refractivity (Wildman–Crippen MR) is 105 cm³/mol. The van der Waals surface area contributed by atoms with E-state index >= 15 is 0 Å². The highest BCUT2D eigenvalue weighted by molar-refractivity contribution is 5.85. The van der Waals surface area contributed by atoms with Gasteiger partial charge in [-0.1, -0.05) is 60.7 Å². The van der Waals surface area contributed by atoms with Crippen molar-refractivity contribution >= 4 is 24.8 Å². The van der Waals surface area contributed by atoms with Gasteiger partial charge in [0.05, 0.1) is 0 Å². The summed E-state index contributed by atoms with van der Waals surface area (Å²) in [6.07, 6.45) is 2.54. The van der Waals surface area contributed by atoms with Gasteiger partial charge in [-0.2, -0.15) is 0 Å². The number of rotatable bonds is 3. The van der Waals surface area contributed by atoms with Crippen LogP contribution in [0, 0.1) is 5.92 Å². The van der Waals surface area contributed by atoms with Crippen LogP contribution in [0.25, 0.3) is 0 Å². The Morgan fingerprint density at radius 2 is 1.25 bits per heavy atom. The van der Waals surface area contributed by atoms with Crippen molar-refractivity contribution in [2.75, 3.05) is 13.1 Å². The van der Waals surface area contributed by atoms with Gasteiger partial charge in [0.1, 0.15) is 0 Å². The van der Waals surface area contributed by atoms with Crippen LogP contribution in [0.1, 0.15) is 29.9 Å². The van der Waals surface area contributed by atoms with Crippen LogP contribution in [-0.2, 0) is 0 Å². The molecule has 4 heteroatoms. The van der Waals surface area contributed by atoms with Crippen molar-refractivity contribution in [2.24, 2.45) is 11.7 Å². The first-order valence-corrected chi connectivity index (χ1v) is 8.44. The first-order chi connectivity index (χ1) is 10.8. The molecule has 0 aromatic heterocycles. The van der Waals surface area contributed by atoms with Gasteiger partial charge in [0.15, 0.2) is 0 Å². The zero-order valence-corrected chi connectivity index (χ0v) is 15.4. The van der Waals surface area contributed by atoms with Crippen molar-refractivity contribution < 1.29 is 0 Å². The van der Waals surface area contributed by atoms with Crippen LogP contribution in [0.15, 0.2) is 60.7 Å². The minimum absolute atomic E-state index is 0. The second-order valence-corrected chi connectivity index (χ2v) is 6.74. The SMILES string of the molecule is Cl.Cl.N[C@H]1C2CCN(CC2)[C@H]1C(c1ccccc1)c1ccccc1. The summed E-state index contributed by atoms with van der Waals surface area (Å²) in [6, 6.07) is 22.5. The maximum Gasteiger partial charge on any atom is 0.0359 e. The van der Waals surface area contributed by atoms with Crippen molar-refractivity contribution in [1.29, 1.82) is 0 Å². The zero-order valence-electron chi connectivity index (χ0n) is 13.8. The summed E-state index contributed by atoms with van der Waals surface area (Å²) in [5.41, 5.74) is 9.48. The molecule has 0 spiro atoms. The van der Waals surface area contributed by atoms with E-state index in [1.165, 1.54) is 37.1 Å². The van der Waals surface area contributed by atoms with Gasteiger partial charge in [-0.3, -0.25) is 4.90 Å². The summed E-state index contributed by atoms with van der Waals surface area (Å²) in [5, 5.41) is 0. The van der Waals surface area contributed by atoms with Crippen molar-refractivity contribution in [3.63, 3.8) is 0 Å². The molecule has 2 nitrogen and oxygen atoms in total. The minimum Gasteiger partial charge on any atom is -0.326 e. The number of piperidine rings is 3. The first-order valence-electron chi connectivity index (χ1n) is 8.44. The maximum atomic E-state index is 6.70. The molecule has 24 heavy (non-hydrogen) atoms. The number of hydrogen-bond donors (Lipinski definition) is 1. The number of halogens is 2. The third-order valence-electron chi connectivity index (χ3n) is 5.59. The van der Waals surface area contributed by atoms with Gasteiger partial charge >= 0.3 is 0 Å². The minimum atomic E-state index is 0. The largest absolute Gasteiger partial charge is 0.326 e. The van der Waals surface area contributed by atoms with Gasteiger partial charge in [0.2, 0.25) is 0 Å². The highest BCUT2D eigenvalue weighted by atomic mass is 35.5. The van der Waals surface area contributed by atoms with Gasteiger partial charge in [-0.25, -0.2) is 0 Å². The average Bonchev–Trinajstić information content (AvgIpc) is 2.60. The summed E-state index contributed by atoms with van der Waals surface area (Å²) < 4.78 is 0. The molecule has 3 saturated heterocycles. The molecule has 0 unspecified atom stereocenters. The van der Waals surface area contributed by atoms with Crippen LogP contribution in [-0.4, -0.2) is 30.1 Å². The van der Waals surface area contributed by atoms with Crippen LogP contribution in [0.5, 0.6) is 0 Å². The standard InChI is InChI=1S/C20H24N2.2ClH/c21-19-17-11-13-22(14-12-17)20(19)18(15-7-3-1-4-8-15)16-9-5-2-6-10-16;;/h1-10,17-20H,11-14,21H2;2*1H/t19-,20-;;/m0../s1. The van der Waals surface area contributed by atoms with E-state index in [0.29, 0.717) is 17.9 Å². The molecule has 3 heterocycles. The number of nitrogens with two attached hydrogens (primary N) is 1. The van der Waals surface area contributed by atoms with Crippen molar-refractivity contribution in [2.45, 2.75) is 30.8 Å². The van der Waals surface area contributed by atoms with Crippen molar-refractivity contribution in [3.05, 3.63) is 71.8 Å². The fourth-order valence-electron chi connectivity index (χ4n) is 4.47. The number of nitrogens with zero attached hydrogens (tertiary/aromatic N) is 1. The van der Waals surface area contributed by atoms with Crippen LogP contribution >= 0.6 is 24.8 Å². The molecule has 130 valence electrons. The van der Waals surface area contributed by atoms with E-state index in [1.807, 2.05) is 0 Å². The Hall–Kier alpha value is -1.06. The highest BCUT2D eigenvalue weighted by Gasteiger charge is 2.44. The first kappa shape index (κ1) is 19.3. The number of fused-ring (bicyclic) bond motifs is 3. The Kier molecular flexibility index (Phi) is 6.70. The second kappa shape index (κ2) is 8.35. The average molecular weight is 365 g/mol. The topological polar surface area (TPSA) is 29.3 Å². The molecule has 0 radical (unpaired) electrons. The van der Waals surface area contributed by atoms with Gasteiger partial charge in [-0.15, -0.1) is 24.8 Å². The van der Waals surface area contributed by atoms with Gasteiger partial charge in [0, 0.05) is 18.0 Å². The Morgan fingerprint density at radius 3 is 1.67 bits per heavy atom. The second-order valence-electron chi connectivity index (χ2n) is 6.74. The molecule has 2 aromatic carbocycles. The maximum absolute atomic E-state index is 6.70. The lowest BCUT2D eigenvalue weighted by atomic mass is 9.71. The van der Waals surface area contributed by atoms with Crippen LogP contribution < -0.4 is 5.73 Å². The summed E-state index contributed by atoms with van der Waals surface area (Å²) in [6.45, 7) is 2.42. The molecule has 0 amide bonds. The third kappa shape index (κ3) is 3.48. The van der Waals surface area contributed by atoms with E-state index in [4.69, 9.17) is 5.73 Å². The van der Waals surface area contributed by atoms with Crippen molar-refractivity contribution in [3.8, 4) is 0 Å². The van der Waals surface area contributed by atoms with Crippen LogP contribution in [0.3, 0.4) is 0 Å². The molecule has 3 aliphatic heterocycles. The fraction of sp³-hybridized carbons (Fsp3) is 0.400. The summed E-state index contributed by atoms with van der Waals surface area (Å²) in [5.74, 6) is 1.07. The molecular weight excluding hydrogens is 339 g/mol. The van der Waals surface area contributed by atoms with Crippen LogP contribution in [0.4, 0.5) is 0 Å². The highest BCUT2D eigenvalue weighted by Crippen LogP contribution is 2.40. The molecule has 0 aliphatic carbocycles. The molecule has 2 atom stereocenters. The molecule has 0 saturated carbocycles. The van der Waals surface area contributed by atoms with Gasteiger partial charge in [-0.05, 0) is 43.0 Å². The molecular formula is C20H26Cl2N2.